The van der Waals surface area contributed by atoms with Gasteiger partial charge in [-0.25, -0.2) is 0 Å². The van der Waals surface area contributed by atoms with Gasteiger partial charge in [-0.05, 0) is 55.8 Å². The van der Waals surface area contributed by atoms with E-state index in [0.29, 0.717) is 46.7 Å². The van der Waals surface area contributed by atoms with E-state index in [9.17, 15) is 56.7 Å². The van der Waals surface area contributed by atoms with Crippen LogP contribution >= 0.6 is 34.9 Å². The number of allylic oxidation sites excluding steroid dienone is 1. The number of nitrogens with zero attached hydrogens (tertiary/aromatic N) is 4. The molecule has 1 fully saturated rings. The van der Waals surface area contributed by atoms with Crippen LogP contribution in [0.2, 0.25) is 0 Å². The number of carboxylic acid groups (broad SMARTS) is 3. The Hall–Kier alpha value is -5.10. The van der Waals surface area contributed by atoms with Crippen LogP contribution in [0.5, 0.6) is 5.75 Å². The van der Waals surface area contributed by atoms with Gasteiger partial charge in [-0.2, -0.15) is 8.42 Å². The summed E-state index contributed by atoms with van der Waals surface area (Å²) < 4.78 is 43.9. The lowest BCUT2D eigenvalue weighted by Crippen LogP contribution is -2.35. The number of amides is 2. The molecule has 53 heavy (non-hydrogen) atoms. The molecule has 0 atom stereocenters. The predicted molar refractivity (Wildman–Crippen MR) is 189 cm³/mol. The van der Waals surface area contributed by atoms with Gasteiger partial charge >= 0.3 is 17.9 Å². The lowest BCUT2D eigenvalue weighted by Gasteiger charge is -2.21. The van der Waals surface area contributed by atoms with Gasteiger partial charge < -0.3 is 29.4 Å². The molecule has 0 bridgehead atoms. The van der Waals surface area contributed by atoms with Crippen molar-refractivity contribution in [1.82, 2.24) is 14.0 Å². The molecule has 2 aliphatic rings. The van der Waals surface area contributed by atoms with Gasteiger partial charge in [-0.1, -0.05) is 11.8 Å². The number of carbonyl (C=O) groups excluding carboxylic acids is 2. The third-order valence-corrected chi connectivity index (χ3v) is 11.8. The van der Waals surface area contributed by atoms with Crippen molar-refractivity contribution in [2.45, 2.75) is 38.3 Å². The molecule has 0 saturated carbocycles. The molecule has 0 spiro atoms. The van der Waals surface area contributed by atoms with Crippen LogP contribution in [0.4, 0.5) is 10.5 Å². The number of thioether (sulfide) groups is 2. The molecule has 1 saturated heterocycles. The maximum atomic E-state index is 13.8. The van der Waals surface area contributed by atoms with E-state index in [4.69, 9.17) is 14.3 Å². The number of aryl methyl sites for hydroxylation is 1. The zero-order valence-corrected chi connectivity index (χ0v) is 30.9. The monoisotopic (exact) mass is 812 g/mol. The second-order valence-corrected chi connectivity index (χ2v) is 16.0. The molecule has 19 nitrogen and oxygen atoms in total. The number of rotatable bonds is 12. The minimum absolute atomic E-state index is 0.0133. The van der Waals surface area contributed by atoms with Crippen LogP contribution in [0.3, 0.4) is 0 Å². The van der Waals surface area contributed by atoms with Gasteiger partial charge in [-0.15, -0.1) is 11.3 Å². The second-order valence-electron chi connectivity index (χ2n) is 11.4. The number of benzene rings is 1. The number of hydrogen-bond acceptors (Lipinski definition) is 15. The van der Waals surface area contributed by atoms with Crippen LogP contribution in [-0.2, 0) is 42.4 Å². The van der Waals surface area contributed by atoms with Crippen LogP contribution in [-0.4, -0.2) is 97.3 Å². The summed E-state index contributed by atoms with van der Waals surface area (Å²) >= 11 is 1.94. The van der Waals surface area contributed by atoms with Crippen molar-refractivity contribution in [2.24, 2.45) is 0 Å². The highest BCUT2D eigenvalue weighted by molar-refractivity contribution is 8.23. The average Bonchev–Trinajstić information content (AvgIpc) is 3.74. The zero-order valence-electron chi connectivity index (χ0n) is 27.7. The number of anilines is 1. The van der Waals surface area contributed by atoms with Crippen molar-refractivity contribution in [3.8, 4) is 5.75 Å². The Labute approximate surface area is 309 Å². The smallest absolute Gasteiger partial charge is 0.323 e. The molecule has 5 rings (SSSR count). The number of methoxy groups -OCH3 is 1. The summed E-state index contributed by atoms with van der Waals surface area (Å²) in [5.74, 6) is -5.64. The average molecular weight is 813 g/mol. The van der Waals surface area contributed by atoms with Crippen molar-refractivity contribution < 1.29 is 61.4 Å². The first-order valence-corrected chi connectivity index (χ1v) is 19.1. The molecule has 0 radical (unpaired) electrons. The van der Waals surface area contributed by atoms with Crippen LogP contribution in [0.25, 0.3) is 10.5 Å². The summed E-state index contributed by atoms with van der Waals surface area (Å²) in [6, 6.07) is 3.58. The van der Waals surface area contributed by atoms with E-state index >= 15 is 0 Å². The molecule has 2 amide bonds. The number of thiazole rings is 1. The third kappa shape index (κ3) is 8.12. The standard InChI is InChI=1S/C30H28N4O15S4/c1-13-7-15-17(9-16(13)48-3)50-18(31(15)5-4-6-53(45,46)47)8-14(2)22-25(41)32(10-19(35)36)28(49-22)23-26(42)33(11-20(37)38)29(51-23)24-27(43)34(12-21(39)40)30(44)52-24/h7-9H,4-6,10-12H2,1-3H3,(H,35,36)(H,37,38)(H,39,40)(H,45,46,47)/b18-8-,22-14+,28-23+,29-24+. The molecule has 2 aliphatic heterocycles. The Kier molecular flexibility index (Phi) is 11.1. The lowest BCUT2D eigenvalue weighted by atomic mass is 10.1. The highest BCUT2D eigenvalue weighted by atomic mass is 32.2. The number of carbonyl (C=O) groups is 5. The van der Waals surface area contributed by atoms with E-state index < -0.39 is 96.1 Å². The SMILES string of the molecule is COc1cc2c(cc1C)N(CCCS(=O)(=O)O)/C(=C/C(C)=c1/o/c(=c3/s/c(=C4/SC(=O)N(CC(=O)O)C4=O)n(CC(=O)O)c3=O)n(CC(=O)O)c1=O)S2. The van der Waals surface area contributed by atoms with E-state index in [2.05, 4.69) is 0 Å². The highest BCUT2D eigenvalue weighted by Crippen LogP contribution is 2.48. The molecular weight excluding hydrogens is 785 g/mol. The summed E-state index contributed by atoms with van der Waals surface area (Å²) in [6.45, 7) is 0.331. The number of ether oxygens (including phenoxy) is 1. The largest absolute Gasteiger partial charge is 0.496 e. The fraction of sp³-hybridized carbons (Fsp3) is 0.300. The lowest BCUT2D eigenvalue weighted by molar-refractivity contribution is -0.140. The van der Waals surface area contributed by atoms with Gasteiger partial charge in [0.1, 0.15) is 35.0 Å². The van der Waals surface area contributed by atoms with Gasteiger partial charge in [0.2, 0.25) is 5.55 Å². The summed E-state index contributed by atoms with van der Waals surface area (Å²) in [4.78, 5) is 90.3. The van der Waals surface area contributed by atoms with Crippen molar-refractivity contribution in [1.29, 1.82) is 0 Å². The summed E-state index contributed by atoms with van der Waals surface area (Å²) in [7, 11) is -2.78. The fourth-order valence-electron chi connectivity index (χ4n) is 5.35. The van der Waals surface area contributed by atoms with Crippen molar-refractivity contribution in [2.75, 3.05) is 30.9 Å². The molecule has 1 aromatic carbocycles. The van der Waals surface area contributed by atoms with E-state index in [1.54, 1.807) is 17.9 Å². The fourth-order valence-corrected chi connectivity index (χ4v) is 9.19. The Morgan fingerprint density at radius 1 is 0.925 bits per heavy atom. The molecule has 23 heteroatoms. The summed E-state index contributed by atoms with van der Waals surface area (Å²) in [6.07, 6.45) is 1.53. The topological polar surface area (TPSA) is 273 Å². The quantitative estimate of drug-likeness (QED) is 0.178. The Morgan fingerprint density at radius 2 is 1.57 bits per heavy atom. The second kappa shape index (κ2) is 15.1. The normalized spacial score (nSPS) is 17.5. The van der Waals surface area contributed by atoms with Gasteiger partial charge in [0.25, 0.3) is 32.4 Å². The zero-order chi connectivity index (χ0) is 39.1. The van der Waals surface area contributed by atoms with Gasteiger partial charge in [0.15, 0.2) is 9.95 Å². The first-order valence-electron chi connectivity index (χ1n) is 15.0. The van der Waals surface area contributed by atoms with Gasteiger partial charge in [-0.3, -0.25) is 52.1 Å². The summed E-state index contributed by atoms with van der Waals surface area (Å²) in [5.41, 5.74) is -1.54. The van der Waals surface area contributed by atoms with Crippen LogP contribution in [0.1, 0.15) is 18.9 Å². The van der Waals surface area contributed by atoms with E-state index in [-0.39, 0.29) is 35.0 Å². The molecule has 3 aromatic rings. The van der Waals surface area contributed by atoms with Crippen LogP contribution in [0, 0.1) is 17.0 Å². The molecule has 0 aliphatic carbocycles. The Bertz CT molecular complexity index is 2600. The van der Waals surface area contributed by atoms with Crippen molar-refractivity contribution in [3.05, 3.63) is 69.7 Å². The van der Waals surface area contributed by atoms with Gasteiger partial charge in [0.05, 0.1) is 23.6 Å². The number of oxazole rings is 1. The minimum atomic E-state index is -4.28. The third-order valence-electron chi connectivity index (χ3n) is 7.61. The molecule has 282 valence electrons. The van der Waals surface area contributed by atoms with E-state index in [0.717, 1.165) is 5.56 Å². The first-order chi connectivity index (χ1) is 24.8. The maximum Gasteiger partial charge on any atom is 0.323 e. The van der Waals surface area contributed by atoms with Crippen molar-refractivity contribution in [3.63, 3.8) is 0 Å². The predicted octanol–water partition coefficient (Wildman–Crippen LogP) is 0.228. The van der Waals surface area contributed by atoms with E-state index in [1.165, 1.54) is 31.9 Å². The van der Waals surface area contributed by atoms with Crippen molar-refractivity contribution >= 4 is 90.2 Å². The first kappa shape index (κ1) is 39.1. The Morgan fingerprint density at radius 3 is 2.17 bits per heavy atom. The number of imide groups is 1. The van der Waals surface area contributed by atoms with Crippen LogP contribution in [0.15, 0.2) is 42.1 Å². The number of fused-ring (bicyclic) bond motifs is 1. The number of carboxylic acids is 3. The minimum Gasteiger partial charge on any atom is -0.496 e. The molecule has 4 N–H and O–H groups in total. The molecule has 4 heterocycles. The summed E-state index contributed by atoms with van der Waals surface area (Å²) in [5, 5.41) is 27.8. The molecule has 0 unspecified atom stereocenters. The highest BCUT2D eigenvalue weighted by Gasteiger charge is 2.38. The number of aliphatic carboxylic acids is 3. The van der Waals surface area contributed by atoms with E-state index in [1.807, 2.05) is 6.07 Å². The van der Waals surface area contributed by atoms with Crippen LogP contribution < -0.4 is 30.8 Å². The van der Waals surface area contributed by atoms with Gasteiger partial charge in [0, 0.05) is 17.0 Å². The maximum absolute atomic E-state index is 13.8. The Balaban J connectivity index is 1.78. The number of aromatic nitrogens is 2. The number of hydrogen-bond donors (Lipinski definition) is 4. The molecule has 2 aromatic heterocycles. The molecular formula is C30H28N4O15S4.